The zero-order valence-electron chi connectivity index (χ0n) is 13.6. The summed E-state index contributed by atoms with van der Waals surface area (Å²) in [6.45, 7) is 3.56. The molecule has 0 saturated carbocycles. The van der Waals surface area contributed by atoms with Gasteiger partial charge in [-0.25, -0.2) is 19.6 Å². The Morgan fingerprint density at radius 3 is 2.46 bits per heavy atom. The molecule has 8 nitrogen and oxygen atoms in total. The number of aromatic nitrogens is 5. The Morgan fingerprint density at radius 1 is 1.00 bits per heavy atom. The molecule has 2 saturated heterocycles. The molecule has 0 N–H and O–H groups in total. The van der Waals surface area contributed by atoms with Gasteiger partial charge in [-0.1, -0.05) is 0 Å². The summed E-state index contributed by atoms with van der Waals surface area (Å²) in [7, 11) is 0. The molecule has 4 rings (SSSR count). The molecule has 0 radical (unpaired) electrons. The molecule has 24 heavy (non-hydrogen) atoms. The Hall–Kier alpha value is -2.51. The Labute approximate surface area is 140 Å². The number of amides is 1. The number of likely N-dealkylation sites (tertiary alicyclic amines) is 1. The molecule has 1 amide bonds. The van der Waals surface area contributed by atoms with Crippen LogP contribution in [0.5, 0.6) is 0 Å². The highest BCUT2D eigenvalue weighted by atomic mass is 16.2. The Bertz CT molecular complexity index is 688. The second-order valence-electron chi connectivity index (χ2n) is 6.37. The third-order valence-corrected chi connectivity index (χ3v) is 4.88. The van der Waals surface area contributed by atoms with Crippen molar-refractivity contribution in [2.45, 2.75) is 25.7 Å². The first kappa shape index (κ1) is 15.0. The molecule has 0 atom stereocenters. The maximum Gasteiger partial charge on any atom is 0.225 e. The predicted octanol–water partition coefficient (Wildman–Crippen LogP) is 0.896. The lowest BCUT2D eigenvalue weighted by Crippen LogP contribution is -2.42. The van der Waals surface area contributed by atoms with Crippen molar-refractivity contribution in [2.24, 2.45) is 5.92 Å². The van der Waals surface area contributed by atoms with Gasteiger partial charge in [-0.2, -0.15) is 5.10 Å². The van der Waals surface area contributed by atoms with Crippen LogP contribution < -0.4 is 4.90 Å². The lowest BCUT2D eigenvalue weighted by Gasteiger charge is -2.33. The number of piperidine rings is 1. The van der Waals surface area contributed by atoms with Crippen LogP contribution in [-0.4, -0.2) is 61.7 Å². The largest absolute Gasteiger partial charge is 0.356 e. The van der Waals surface area contributed by atoms with Crippen molar-refractivity contribution in [2.75, 3.05) is 31.1 Å². The fraction of sp³-hybridized carbons (Fsp3) is 0.562. The van der Waals surface area contributed by atoms with E-state index in [2.05, 4.69) is 25.0 Å². The molecule has 2 fully saturated rings. The molecule has 2 aliphatic rings. The summed E-state index contributed by atoms with van der Waals surface area (Å²) in [5.74, 6) is 2.09. The summed E-state index contributed by atoms with van der Waals surface area (Å²) in [6.07, 6.45) is 8.72. The highest BCUT2D eigenvalue weighted by Gasteiger charge is 2.30. The normalized spacial score (nSPS) is 19.0. The van der Waals surface area contributed by atoms with Crippen LogP contribution in [0.2, 0.25) is 0 Å². The number of anilines is 1. The van der Waals surface area contributed by atoms with Crippen LogP contribution in [0.3, 0.4) is 0 Å². The summed E-state index contributed by atoms with van der Waals surface area (Å²) in [5, 5.41) is 4.10. The van der Waals surface area contributed by atoms with E-state index in [-0.39, 0.29) is 5.92 Å². The molecular weight excluding hydrogens is 306 g/mol. The van der Waals surface area contributed by atoms with Crippen LogP contribution in [0.25, 0.3) is 5.82 Å². The summed E-state index contributed by atoms with van der Waals surface area (Å²) in [5.41, 5.74) is 0. The van der Waals surface area contributed by atoms with E-state index in [1.807, 2.05) is 11.0 Å². The summed E-state index contributed by atoms with van der Waals surface area (Å²) in [6, 6.07) is 1.91. The number of hydrogen-bond acceptors (Lipinski definition) is 6. The number of rotatable bonds is 3. The third kappa shape index (κ3) is 2.95. The SMILES string of the molecule is O=C(C1CCN(c2cc(-n3cncn3)ncn2)CC1)N1CCCC1. The highest BCUT2D eigenvalue weighted by Crippen LogP contribution is 2.25. The number of carbonyl (C=O) groups excluding carboxylic acids is 1. The molecular formula is C16H21N7O. The molecule has 0 aliphatic carbocycles. The van der Waals surface area contributed by atoms with E-state index in [0.717, 1.165) is 57.7 Å². The lowest BCUT2D eigenvalue weighted by molar-refractivity contribution is -0.135. The quantitative estimate of drug-likeness (QED) is 0.833. The average Bonchev–Trinajstić information content (AvgIpc) is 3.35. The van der Waals surface area contributed by atoms with Crippen molar-refractivity contribution in [3.05, 3.63) is 25.0 Å². The van der Waals surface area contributed by atoms with Gasteiger partial charge in [0.25, 0.3) is 0 Å². The van der Waals surface area contributed by atoms with Crippen LogP contribution in [0, 0.1) is 5.92 Å². The van der Waals surface area contributed by atoms with Crippen molar-refractivity contribution in [3.8, 4) is 5.82 Å². The van der Waals surface area contributed by atoms with E-state index >= 15 is 0 Å². The number of nitrogens with zero attached hydrogens (tertiary/aromatic N) is 7. The van der Waals surface area contributed by atoms with E-state index in [4.69, 9.17) is 0 Å². The van der Waals surface area contributed by atoms with Gasteiger partial charge in [-0.05, 0) is 25.7 Å². The van der Waals surface area contributed by atoms with Gasteiger partial charge >= 0.3 is 0 Å². The molecule has 2 aromatic heterocycles. The standard InChI is InChI=1S/C16H21N7O/c24-16(22-5-1-2-6-22)13-3-7-21(8-4-13)14-9-15(19-11-18-14)23-12-17-10-20-23/h9-13H,1-8H2. The second kappa shape index (κ2) is 6.54. The van der Waals surface area contributed by atoms with E-state index in [1.165, 1.54) is 6.33 Å². The van der Waals surface area contributed by atoms with Gasteiger partial charge < -0.3 is 9.80 Å². The van der Waals surface area contributed by atoms with E-state index in [9.17, 15) is 4.79 Å². The monoisotopic (exact) mass is 327 g/mol. The van der Waals surface area contributed by atoms with Gasteiger partial charge in [-0.15, -0.1) is 0 Å². The van der Waals surface area contributed by atoms with Gasteiger partial charge in [0, 0.05) is 38.2 Å². The van der Waals surface area contributed by atoms with Crippen LogP contribution in [-0.2, 0) is 4.79 Å². The zero-order valence-corrected chi connectivity index (χ0v) is 13.6. The molecule has 0 spiro atoms. The summed E-state index contributed by atoms with van der Waals surface area (Å²) in [4.78, 5) is 29.3. The predicted molar refractivity (Wildman–Crippen MR) is 87.7 cm³/mol. The third-order valence-electron chi connectivity index (χ3n) is 4.88. The van der Waals surface area contributed by atoms with Gasteiger partial charge in [0.1, 0.15) is 24.8 Å². The minimum absolute atomic E-state index is 0.163. The van der Waals surface area contributed by atoms with E-state index in [0.29, 0.717) is 11.7 Å². The molecule has 8 heteroatoms. The minimum atomic E-state index is 0.163. The first-order chi connectivity index (χ1) is 11.8. The summed E-state index contributed by atoms with van der Waals surface area (Å²) < 4.78 is 1.62. The lowest BCUT2D eigenvalue weighted by atomic mass is 9.95. The van der Waals surface area contributed by atoms with Crippen LogP contribution in [0.4, 0.5) is 5.82 Å². The Balaban J connectivity index is 1.41. The van der Waals surface area contributed by atoms with Crippen LogP contribution >= 0.6 is 0 Å². The Kier molecular flexibility index (Phi) is 4.10. The zero-order chi connectivity index (χ0) is 16.4. The molecule has 4 heterocycles. The summed E-state index contributed by atoms with van der Waals surface area (Å²) >= 11 is 0. The highest BCUT2D eigenvalue weighted by molar-refractivity contribution is 5.79. The van der Waals surface area contributed by atoms with Gasteiger partial charge in [0.2, 0.25) is 5.91 Å². The molecule has 126 valence electrons. The van der Waals surface area contributed by atoms with Crippen LogP contribution in [0.15, 0.2) is 25.0 Å². The maximum absolute atomic E-state index is 12.5. The van der Waals surface area contributed by atoms with Crippen molar-refractivity contribution < 1.29 is 4.79 Å². The topological polar surface area (TPSA) is 80.0 Å². The number of hydrogen-bond donors (Lipinski definition) is 0. The molecule has 2 aromatic rings. The average molecular weight is 327 g/mol. The number of carbonyl (C=O) groups is 1. The van der Waals surface area contributed by atoms with E-state index < -0.39 is 0 Å². The maximum atomic E-state index is 12.5. The van der Waals surface area contributed by atoms with Crippen molar-refractivity contribution in [1.29, 1.82) is 0 Å². The van der Waals surface area contributed by atoms with Crippen LogP contribution in [0.1, 0.15) is 25.7 Å². The second-order valence-corrected chi connectivity index (χ2v) is 6.37. The molecule has 0 unspecified atom stereocenters. The van der Waals surface area contributed by atoms with Gasteiger partial charge in [0.15, 0.2) is 5.82 Å². The van der Waals surface area contributed by atoms with Crippen molar-refractivity contribution in [1.82, 2.24) is 29.6 Å². The fourth-order valence-corrected chi connectivity index (χ4v) is 3.51. The molecule has 0 aromatic carbocycles. The Morgan fingerprint density at radius 2 is 1.75 bits per heavy atom. The first-order valence-corrected chi connectivity index (χ1v) is 8.52. The smallest absolute Gasteiger partial charge is 0.225 e. The first-order valence-electron chi connectivity index (χ1n) is 8.52. The fourth-order valence-electron chi connectivity index (χ4n) is 3.51. The van der Waals surface area contributed by atoms with E-state index in [1.54, 1.807) is 17.3 Å². The van der Waals surface area contributed by atoms with Gasteiger partial charge in [0.05, 0.1) is 0 Å². The molecule has 0 bridgehead atoms. The van der Waals surface area contributed by atoms with Crippen molar-refractivity contribution >= 4 is 11.7 Å². The molecule has 2 aliphatic heterocycles. The minimum Gasteiger partial charge on any atom is -0.356 e. The van der Waals surface area contributed by atoms with Gasteiger partial charge in [-0.3, -0.25) is 4.79 Å². The van der Waals surface area contributed by atoms with Crippen molar-refractivity contribution in [3.63, 3.8) is 0 Å².